The minimum absolute atomic E-state index is 0.0445. The van der Waals surface area contributed by atoms with Gasteiger partial charge in [0.25, 0.3) is 5.78 Å². The van der Waals surface area contributed by atoms with Crippen molar-refractivity contribution in [3.8, 4) is 6.07 Å². The highest BCUT2D eigenvalue weighted by atomic mass is 35.5. The van der Waals surface area contributed by atoms with Crippen LogP contribution in [0.2, 0.25) is 5.15 Å². The Balaban J connectivity index is 2.14. The molecule has 0 aliphatic rings. The minimum Gasteiger partial charge on any atom is -0.475 e. The van der Waals surface area contributed by atoms with E-state index >= 15 is 0 Å². The molecule has 124 valence electrons. The van der Waals surface area contributed by atoms with Crippen LogP contribution < -0.4 is 0 Å². The topological polar surface area (TPSA) is 96.0 Å². The molecule has 0 amide bonds. The molecule has 0 atom stereocenters. The van der Waals surface area contributed by atoms with Gasteiger partial charge in [0, 0.05) is 10.9 Å². The highest BCUT2D eigenvalue weighted by molar-refractivity contribution is 6.40. The number of rotatable bonds is 4. The maximum atomic E-state index is 11.7. The van der Waals surface area contributed by atoms with E-state index in [0.29, 0.717) is 16.5 Å². The number of ketones is 1. The minimum atomic E-state index is -1.53. The number of nitrogens with zero attached hydrogens (tertiary/aromatic N) is 3. The number of Topliss-reactive ketones (excluding diaryl/α,β-unsaturated/α-hetero) is 1. The molecule has 0 unspecified atom stereocenters. The third-order valence-corrected chi connectivity index (χ3v) is 4.28. The van der Waals surface area contributed by atoms with Crippen LogP contribution in [0.3, 0.4) is 0 Å². The number of hydrogen-bond acceptors (Lipinski definition) is 4. The molecule has 0 saturated heterocycles. The van der Waals surface area contributed by atoms with E-state index in [1.54, 1.807) is 22.9 Å². The lowest BCUT2D eigenvalue weighted by atomic mass is 10.0. The molecule has 1 aromatic heterocycles. The molecular formula is C18H12ClN3O3. The van der Waals surface area contributed by atoms with Crippen LogP contribution in [-0.4, -0.2) is 26.6 Å². The zero-order chi connectivity index (χ0) is 18.1. The Morgan fingerprint density at radius 3 is 2.76 bits per heavy atom. The molecule has 6 nitrogen and oxygen atoms in total. The summed E-state index contributed by atoms with van der Waals surface area (Å²) in [7, 11) is 0. The summed E-state index contributed by atoms with van der Waals surface area (Å²) in [5, 5.41) is 23.3. The maximum Gasteiger partial charge on any atom is 0.377 e. The van der Waals surface area contributed by atoms with Crippen LogP contribution in [0.4, 0.5) is 0 Å². The number of fused-ring (bicyclic) bond motifs is 1. The van der Waals surface area contributed by atoms with Crippen molar-refractivity contribution in [2.45, 2.75) is 13.5 Å². The Morgan fingerprint density at radius 2 is 2.08 bits per heavy atom. The maximum absolute atomic E-state index is 11.7. The number of aryl methyl sites for hydroxylation is 1. The molecule has 3 rings (SSSR count). The number of benzene rings is 2. The van der Waals surface area contributed by atoms with Crippen molar-refractivity contribution in [1.82, 2.24) is 9.78 Å². The monoisotopic (exact) mass is 353 g/mol. The molecule has 25 heavy (non-hydrogen) atoms. The fourth-order valence-corrected chi connectivity index (χ4v) is 2.94. The molecule has 0 saturated carbocycles. The van der Waals surface area contributed by atoms with Gasteiger partial charge >= 0.3 is 5.97 Å². The molecule has 0 fully saturated rings. The lowest BCUT2D eigenvalue weighted by Gasteiger charge is -2.09. The van der Waals surface area contributed by atoms with E-state index in [1.165, 1.54) is 12.1 Å². The quantitative estimate of drug-likeness (QED) is 0.574. The van der Waals surface area contributed by atoms with Gasteiger partial charge in [0.1, 0.15) is 0 Å². The van der Waals surface area contributed by atoms with Crippen LogP contribution in [0, 0.1) is 18.3 Å². The van der Waals surface area contributed by atoms with E-state index in [2.05, 4.69) is 11.2 Å². The molecular weight excluding hydrogens is 342 g/mol. The predicted molar refractivity (Wildman–Crippen MR) is 91.7 cm³/mol. The molecule has 0 radical (unpaired) electrons. The number of halogens is 1. The van der Waals surface area contributed by atoms with Gasteiger partial charge < -0.3 is 5.11 Å². The van der Waals surface area contributed by atoms with Crippen molar-refractivity contribution in [3.05, 3.63) is 63.8 Å². The zero-order valence-corrected chi connectivity index (χ0v) is 13.9. The molecule has 1 N–H and O–H groups in total. The number of hydrogen-bond donors (Lipinski definition) is 1. The molecule has 0 spiro atoms. The van der Waals surface area contributed by atoms with Crippen LogP contribution in [-0.2, 0) is 11.3 Å². The first kappa shape index (κ1) is 16.7. The van der Waals surface area contributed by atoms with Crippen LogP contribution in [0.5, 0.6) is 0 Å². The van der Waals surface area contributed by atoms with E-state index in [9.17, 15) is 14.9 Å². The van der Waals surface area contributed by atoms with E-state index in [4.69, 9.17) is 16.7 Å². The third-order valence-electron chi connectivity index (χ3n) is 4.00. The van der Waals surface area contributed by atoms with Gasteiger partial charge in [0.05, 0.1) is 23.7 Å². The van der Waals surface area contributed by atoms with Crippen molar-refractivity contribution < 1.29 is 14.7 Å². The molecule has 0 aliphatic heterocycles. The van der Waals surface area contributed by atoms with Gasteiger partial charge in [-0.3, -0.25) is 9.48 Å². The second-order valence-corrected chi connectivity index (χ2v) is 5.89. The summed E-state index contributed by atoms with van der Waals surface area (Å²) in [6.07, 6.45) is 0. The lowest BCUT2D eigenvalue weighted by Crippen LogP contribution is -2.12. The first-order valence-corrected chi connectivity index (χ1v) is 7.72. The van der Waals surface area contributed by atoms with Crippen molar-refractivity contribution in [1.29, 1.82) is 5.26 Å². The van der Waals surface area contributed by atoms with Gasteiger partial charge in [-0.25, -0.2) is 4.79 Å². The van der Waals surface area contributed by atoms with Gasteiger partial charge in [0.15, 0.2) is 5.15 Å². The smallest absolute Gasteiger partial charge is 0.377 e. The number of nitriles is 1. The summed E-state index contributed by atoms with van der Waals surface area (Å²) in [5.41, 5.74) is 2.82. The standard InChI is InChI=1S/C18H12ClN3O3/c1-10-3-2-4-12(8-20)14(10)9-22-15-7-11(16(23)18(24)25)5-6-13(15)17(19)21-22/h2-7H,9H2,1H3,(H,24,25). The first-order chi connectivity index (χ1) is 11.9. The van der Waals surface area contributed by atoms with E-state index in [1.807, 2.05) is 13.0 Å². The summed E-state index contributed by atoms with van der Waals surface area (Å²) in [4.78, 5) is 22.6. The number of carbonyl (C=O) groups is 2. The third kappa shape index (κ3) is 2.97. The van der Waals surface area contributed by atoms with Crippen LogP contribution in [0.1, 0.15) is 27.0 Å². The van der Waals surface area contributed by atoms with E-state index in [0.717, 1.165) is 11.1 Å². The molecule has 2 aromatic carbocycles. The predicted octanol–water partition coefficient (Wildman–Crippen LogP) is 3.19. The van der Waals surface area contributed by atoms with Crippen LogP contribution in [0.25, 0.3) is 10.9 Å². The summed E-state index contributed by atoms with van der Waals surface area (Å²) >= 11 is 6.15. The average Bonchev–Trinajstić information content (AvgIpc) is 2.91. The van der Waals surface area contributed by atoms with Crippen molar-refractivity contribution >= 4 is 34.3 Å². The Hall–Kier alpha value is -3.17. The summed E-state index contributed by atoms with van der Waals surface area (Å²) in [5.74, 6) is -2.53. The zero-order valence-electron chi connectivity index (χ0n) is 13.2. The molecule has 0 aliphatic carbocycles. The largest absolute Gasteiger partial charge is 0.475 e. The van der Waals surface area contributed by atoms with Gasteiger partial charge in [-0.2, -0.15) is 10.4 Å². The lowest BCUT2D eigenvalue weighted by molar-refractivity contribution is -0.131. The van der Waals surface area contributed by atoms with Crippen molar-refractivity contribution in [2.75, 3.05) is 0 Å². The highest BCUT2D eigenvalue weighted by Crippen LogP contribution is 2.26. The number of aromatic nitrogens is 2. The normalized spacial score (nSPS) is 10.6. The SMILES string of the molecule is Cc1cccc(C#N)c1Cn1nc(Cl)c2ccc(C(=O)C(=O)O)cc21. The number of aliphatic carboxylic acids is 1. The summed E-state index contributed by atoms with van der Waals surface area (Å²) in [6.45, 7) is 2.17. The highest BCUT2D eigenvalue weighted by Gasteiger charge is 2.18. The number of carboxylic acid groups (broad SMARTS) is 1. The molecule has 0 bridgehead atoms. The number of carboxylic acids is 1. The van der Waals surface area contributed by atoms with Crippen molar-refractivity contribution in [2.24, 2.45) is 0 Å². The van der Waals surface area contributed by atoms with Gasteiger partial charge in [-0.15, -0.1) is 0 Å². The Bertz CT molecular complexity index is 1060. The Kier molecular flexibility index (Phi) is 4.26. The second kappa shape index (κ2) is 6.38. The fraction of sp³-hybridized carbons (Fsp3) is 0.111. The first-order valence-electron chi connectivity index (χ1n) is 7.34. The van der Waals surface area contributed by atoms with Crippen LogP contribution in [0.15, 0.2) is 36.4 Å². The summed E-state index contributed by atoms with van der Waals surface area (Å²) < 4.78 is 1.57. The number of carbonyl (C=O) groups excluding carboxylic acids is 1. The van der Waals surface area contributed by atoms with Gasteiger partial charge in [0.2, 0.25) is 0 Å². The van der Waals surface area contributed by atoms with Crippen LogP contribution >= 0.6 is 11.6 Å². The van der Waals surface area contributed by atoms with E-state index in [-0.39, 0.29) is 17.3 Å². The van der Waals surface area contributed by atoms with Gasteiger partial charge in [-0.05, 0) is 42.3 Å². The Morgan fingerprint density at radius 1 is 1.32 bits per heavy atom. The molecule has 1 heterocycles. The van der Waals surface area contributed by atoms with Crippen molar-refractivity contribution in [3.63, 3.8) is 0 Å². The molecule has 7 heteroatoms. The Labute approximate surface area is 147 Å². The fourth-order valence-electron chi connectivity index (χ4n) is 2.69. The van der Waals surface area contributed by atoms with Gasteiger partial charge in [-0.1, -0.05) is 23.7 Å². The molecule has 3 aromatic rings. The summed E-state index contributed by atoms with van der Waals surface area (Å²) in [6, 6.07) is 12.0. The second-order valence-electron chi connectivity index (χ2n) is 5.53. The van der Waals surface area contributed by atoms with E-state index < -0.39 is 11.8 Å². The average molecular weight is 354 g/mol.